The second-order valence-electron chi connectivity index (χ2n) is 6.38. The highest BCUT2D eigenvalue weighted by Gasteiger charge is 2.60. The van der Waals surface area contributed by atoms with Crippen LogP contribution in [-0.4, -0.2) is 34.5 Å². The minimum Gasteiger partial charge on any atom is -0.458 e. The molecule has 2 aliphatic carbocycles. The van der Waals surface area contributed by atoms with Crippen LogP contribution in [0.5, 0.6) is 0 Å². The number of aliphatic hydroxyl groups is 2. The van der Waals surface area contributed by atoms with Crippen LogP contribution < -0.4 is 0 Å². The predicted molar refractivity (Wildman–Crippen MR) is 69.1 cm³/mol. The van der Waals surface area contributed by atoms with Crippen LogP contribution in [0, 0.1) is 17.3 Å². The first-order valence-corrected chi connectivity index (χ1v) is 6.79. The van der Waals surface area contributed by atoms with Gasteiger partial charge in [0, 0.05) is 16.9 Å². The van der Waals surface area contributed by atoms with Gasteiger partial charge in [0.15, 0.2) is 0 Å². The summed E-state index contributed by atoms with van der Waals surface area (Å²) in [5.41, 5.74) is 1.06. The largest absolute Gasteiger partial charge is 0.458 e. The zero-order valence-corrected chi connectivity index (χ0v) is 11.3. The lowest BCUT2D eigenvalue weighted by Crippen LogP contribution is -2.56. The van der Waals surface area contributed by atoms with E-state index in [0.717, 1.165) is 5.57 Å². The van der Waals surface area contributed by atoms with E-state index in [1.165, 1.54) is 0 Å². The van der Waals surface area contributed by atoms with Crippen molar-refractivity contribution in [1.29, 1.82) is 0 Å². The van der Waals surface area contributed by atoms with Crippen LogP contribution in [0.4, 0.5) is 0 Å². The fourth-order valence-electron chi connectivity index (χ4n) is 4.23. The fourth-order valence-corrected chi connectivity index (χ4v) is 4.23. The molecular formula is C15H20O4. The molecule has 0 radical (unpaired) electrons. The van der Waals surface area contributed by atoms with Crippen molar-refractivity contribution in [2.75, 3.05) is 0 Å². The highest BCUT2D eigenvalue weighted by molar-refractivity contribution is 5.91. The first-order valence-electron chi connectivity index (χ1n) is 6.79. The first kappa shape index (κ1) is 12.9. The molecule has 0 spiro atoms. The van der Waals surface area contributed by atoms with Crippen LogP contribution in [0.2, 0.25) is 0 Å². The number of esters is 1. The van der Waals surface area contributed by atoms with Gasteiger partial charge in [0.25, 0.3) is 0 Å². The van der Waals surface area contributed by atoms with Gasteiger partial charge in [0.1, 0.15) is 6.10 Å². The number of carbonyl (C=O) groups excluding carboxylic acids is 1. The Balaban J connectivity index is 2.08. The topological polar surface area (TPSA) is 66.8 Å². The molecule has 1 saturated heterocycles. The lowest BCUT2D eigenvalue weighted by atomic mass is 9.54. The van der Waals surface area contributed by atoms with E-state index in [4.69, 9.17) is 4.74 Å². The number of aliphatic hydroxyl groups excluding tert-OH is 2. The van der Waals surface area contributed by atoms with E-state index in [1.54, 1.807) is 0 Å². The van der Waals surface area contributed by atoms with E-state index in [-0.39, 0.29) is 17.9 Å². The maximum atomic E-state index is 11.7. The molecule has 4 nitrogen and oxygen atoms in total. The molecule has 1 saturated carbocycles. The molecule has 0 bridgehead atoms. The highest BCUT2D eigenvalue weighted by Crippen LogP contribution is 2.56. The molecule has 6 atom stereocenters. The van der Waals surface area contributed by atoms with Gasteiger partial charge < -0.3 is 14.9 Å². The summed E-state index contributed by atoms with van der Waals surface area (Å²) >= 11 is 0. The molecule has 104 valence electrons. The molecule has 0 aromatic rings. The molecular weight excluding hydrogens is 244 g/mol. The minimum atomic E-state index is -0.675. The number of ether oxygens (including phenoxy) is 1. The Kier molecular flexibility index (Phi) is 2.67. The number of hydrogen-bond acceptors (Lipinski definition) is 4. The van der Waals surface area contributed by atoms with Gasteiger partial charge in [-0.05, 0) is 19.8 Å². The predicted octanol–water partition coefficient (Wildman–Crippen LogP) is 1.18. The van der Waals surface area contributed by atoms with Crippen LogP contribution in [0.25, 0.3) is 0 Å². The molecule has 1 aliphatic heterocycles. The Hall–Kier alpha value is -1.13. The molecule has 1 heterocycles. The SMILES string of the molecule is C=C1C(=O)O[C@H]2[C@H]1[C@@H](O)C[C@]1(C)[C@@H]2C(C)=CC[C@@H]1O. The summed E-state index contributed by atoms with van der Waals surface area (Å²) in [5, 5.41) is 20.7. The van der Waals surface area contributed by atoms with Crippen LogP contribution in [0.3, 0.4) is 0 Å². The second kappa shape index (κ2) is 3.93. The van der Waals surface area contributed by atoms with Crippen LogP contribution in [-0.2, 0) is 9.53 Å². The normalized spacial score (nSPS) is 49.3. The van der Waals surface area contributed by atoms with E-state index in [1.807, 2.05) is 19.9 Å². The maximum absolute atomic E-state index is 11.7. The molecule has 19 heavy (non-hydrogen) atoms. The summed E-state index contributed by atoms with van der Waals surface area (Å²) in [5.74, 6) is -0.779. The summed E-state index contributed by atoms with van der Waals surface area (Å²) in [6.07, 6.45) is 1.51. The van der Waals surface area contributed by atoms with Crippen molar-refractivity contribution in [3.05, 3.63) is 23.8 Å². The van der Waals surface area contributed by atoms with Crippen molar-refractivity contribution in [2.24, 2.45) is 17.3 Å². The van der Waals surface area contributed by atoms with E-state index >= 15 is 0 Å². The Morgan fingerprint density at radius 1 is 1.47 bits per heavy atom. The van der Waals surface area contributed by atoms with Crippen molar-refractivity contribution in [2.45, 2.75) is 45.0 Å². The molecule has 2 fully saturated rings. The van der Waals surface area contributed by atoms with Gasteiger partial charge in [0.05, 0.1) is 18.1 Å². The van der Waals surface area contributed by atoms with E-state index in [9.17, 15) is 15.0 Å². The molecule has 3 rings (SSSR count). The van der Waals surface area contributed by atoms with Gasteiger partial charge in [-0.1, -0.05) is 25.2 Å². The smallest absolute Gasteiger partial charge is 0.334 e. The summed E-state index contributed by atoms with van der Waals surface area (Å²) < 4.78 is 5.45. The molecule has 0 aromatic carbocycles. The fraction of sp³-hybridized carbons (Fsp3) is 0.667. The third-order valence-electron chi connectivity index (χ3n) is 5.28. The standard InChI is InChI=1S/C15H20O4/c1-7-4-5-10(17)15(3)6-9(16)11-8(2)14(18)19-13(11)12(7)15/h4,9-13,16-17H,2,5-6H2,1,3H3/t9-,10-,11+,12+,13-,15-/m0/s1. The van der Waals surface area contributed by atoms with Gasteiger partial charge in [0.2, 0.25) is 0 Å². The summed E-state index contributed by atoms with van der Waals surface area (Å²) in [6, 6.07) is 0. The zero-order chi connectivity index (χ0) is 13.9. The molecule has 0 aromatic heterocycles. The lowest BCUT2D eigenvalue weighted by Gasteiger charge is -2.52. The van der Waals surface area contributed by atoms with Gasteiger partial charge in [-0.25, -0.2) is 4.79 Å². The average Bonchev–Trinajstić information content (AvgIpc) is 2.61. The van der Waals surface area contributed by atoms with E-state index < -0.39 is 23.6 Å². The number of fused-ring (bicyclic) bond motifs is 3. The average molecular weight is 264 g/mol. The minimum absolute atomic E-state index is 0.0344. The van der Waals surface area contributed by atoms with Gasteiger partial charge in [-0.15, -0.1) is 0 Å². The monoisotopic (exact) mass is 264 g/mol. The Bertz CT molecular complexity index is 481. The first-order chi connectivity index (χ1) is 8.86. The van der Waals surface area contributed by atoms with Gasteiger partial charge in [-0.3, -0.25) is 0 Å². The van der Waals surface area contributed by atoms with Crippen molar-refractivity contribution >= 4 is 5.97 Å². The number of rotatable bonds is 0. The summed E-state index contributed by atoms with van der Waals surface area (Å²) in [4.78, 5) is 11.7. The quantitative estimate of drug-likeness (QED) is 0.392. The van der Waals surface area contributed by atoms with Crippen molar-refractivity contribution in [3.8, 4) is 0 Å². The Morgan fingerprint density at radius 2 is 2.16 bits per heavy atom. The van der Waals surface area contributed by atoms with E-state index in [0.29, 0.717) is 18.4 Å². The third kappa shape index (κ3) is 1.56. The van der Waals surface area contributed by atoms with Gasteiger partial charge >= 0.3 is 5.97 Å². The zero-order valence-electron chi connectivity index (χ0n) is 11.3. The third-order valence-corrected chi connectivity index (χ3v) is 5.28. The molecule has 0 amide bonds. The maximum Gasteiger partial charge on any atom is 0.334 e. The second-order valence-corrected chi connectivity index (χ2v) is 6.38. The van der Waals surface area contributed by atoms with Crippen molar-refractivity contribution < 1.29 is 19.7 Å². The molecule has 4 heteroatoms. The van der Waals surface area contributed by atoms with Crippen LogP contribution >= 0.6 is 0 Å². The lowest BCUT2D eigenvalue weighted by molar-refractivity contribution is -0.157. The van der Waals surface area contributed by atoms with Gasteiger partial charge in [-0.2, -0.15) is 0 Å². The highest BCUT2D eigenvalue weighted by atomic mass is 16.6. The van der Waals surface area contributed by atoms with Crippen LogP contribution in [0.15, 0.2) is 23.8 Å². The van der Waals surface area contributed by atoms with Crippen LogP contribution in [0.1, 0.15) is 26.7 Å². The van der Waals surface area contributed by atoms with E-state index in [2.05, 4.69) is 6.58 Å². The number of carbonyl (C=O) groups is 1. The van der Waals surface area contributed by atoms with Crippen molar-refractivity contribution in [3.63, 3.8) is 0 Å². The summed E-state index contributed by atoms with van der Waals surface area (Å²) in [7, 11) is 0. The molecule has 3 aliphatic rings. The van der Waals surface area contributed by atoms with Crippen molar-refractivity contribution in [1.82, 2.24) is 0 Å². The Morgan fingerprint density at radius 3 is 2.84 bits per heavy atom. The summed E-state index contributed by atoms with van der Waals surface area (Å²) in [6.45, 7) is 7.75. The molecule has 0 unspecified atom stereocenters. The Labute approximate surface area is 112 Å². The molecule has 2 N–H and O–H groups in total. The number of hydrogen-bond donors (Lipinski definition) is 2.